The van der Waals surface area contributed by atoms with Crippen LogP contribution >= 0.6 is 0 Å². The standard InChI is InChI=1S/C16H21NO5.HNO3/c1-20-13-10-12(11-14(21-2)16(13)22-3)6-4-5-7-15(19)17-8-9-18;2-1(3)4/h4-7,10-11,18H,8-9H2,1-3H3,(H,17,19);(H,2,3,4)/b6-4+,7-5+;. The third-order valence-electron chi connectivity index (χ3n) is 2.75. The Balaban J connectivity index is 0.00000141. The molecule has 0 saturated carbocycles. The van der Waals surface area contributed by atoms with Crippen LogP contribution in [0.25, 0.3) is 6.08 Å². The molecule has 0 atom stereocenters. The highest BCUT2D eigenvalue weighted by atomic mass is 16.9. The van der Waals surface area contributed by atoms with Gasteiger partial charge in [-0.2, -0.15) is 0 Å². The molecule has 0 saturated heterocycles. The fourth-order valence-corrected chi connectivity index (χ4v) is 1.75. The number of carbonyl (C=O) groups is 1. The molecule has 0 bridgehead atoms. The molecular weight excluding hydrogens is 348 g/mol. The average Bonchev–Trinajstić information content (AvgIpc) is 2.61. The Morgan fingerprint density at radius 2 is 1.73 bits per heavy atom. The lowest BCUT2D eigenvalue weighted by atomic mass is 10.1. The number of ether oxygens (including phenoxy) is 3. The quantitative estimate of drug-likeness (QED) is 0.267. The summed E-state index contributed by atoms with van der Waals surface area (Å²) in [5, 5.41) is 24.7. The van der Waals surface area contributed by atoms with Gasteiger partial charge < -0.3 is 29.8 Å². The average molecular weight is 370 g/mol. The van der Waals surface area contributed by atoms with E-state index in [1.165, 1.54) is 6.08 Å². The smallest absolute Gasteiger partial charge is 0.291 e. The van der Waals surface area contributed by atoms with Gasteiger partial charge in [0.25, 0.3) is 5.09 Å². The molecule has 0 aliphatic heterocycles. The Hall–Kier alpha value is -3.27. The van der Waals surface area contributed by atoms with Crippen molar-refractivity contribution in [1.82, 2.24) is 5.32 Å². The molecular formula is C16H22N2O8. The van der Waals surface area contributed by atoms with Crippen molar-refractivity contribution in [3.05, 3.63) is 46.0 Å². The molecule has 0 fully saturated rings. The first-order valence-corrected chi connectivity index (χ1v) is 7.26. The van der Waals surface area contributed by atoms with Gasteiger partial charge in [0.05, 0.1) is 27.9 Å². The summed E-state index contributed by atoms with van der Waals surface area (Å²) >= 11 is 0. The van der Waals surface area contributed by atoms with E-state index in [1.807, 2.05) is 0 Å². The molecule has 1 amide bonds. The molecule has 0 unspecified atom stereocenters. The number of nitrogens with one attached hydrogen (secondary N) is 1. The molecule has 0 spiro atoms. The Morgan fingerprint density at radius 1 is 1.19 bits per heavy atom. The molecule has 0 radical (unpaired) electrons. The summed E-state index contributed by atoms with van der Waals surface area (Å²) in [5.74, 6) is 1.39. The van der Waals surface area contributed by atoms with Gasteiger partial charge in [-0.25, -0.2) is 0 Å². The summed E-state index contributed by atoms with van der Waals surface area (Å²) in [6.07, 6.45) is 6.51. The van der Waals surface area contributed by atoms with Gasteiger partial charge in [-0.15, -0.1) is 10.1 Å². The van der Waals surface area contributed by atoms with E-state index < -0.39 is 5.09 Å². The highest BCUT2D eigenvalue weighted by Crippen LogP contribution is 2.38. The minimum Gasteiger partial charge on any atom is -0.493 e. The number of aliphatic hydroxyl groups excluding tert-OH is 1. The molecule has 1 aromatic carbocycles. The van der Waals surface area contributed by atoms with Crippen molar-refractivity contribution in [1.29, 1.82) is 0 Å². The van der Waals surface area contributed by atoms with Gasteiger partial charge in [-0.3, -0.25) is 4.79 Å². The van der Waals surface area contributed by atoms with Crippen molar-refractivity contribution in [2.75, 3.05) is 34.5 Å². The number of rotatable bonds is 8. The van der Waals surface area contributed by atoms with Gasteiger partial charge in [0.1, 0.15) is 0 Å². The number of nitrogens with zero attached hydrogens (tertiary/aromatic N) is 1. The van der Waals surface area contributed by atoms with Crippen LogP contribution < -0.4 is 19.5 Å². The van der Waals surface area contributed by atoms with Gasteiger partial charge in [0.2, 0.25) is 11.7 Å². The van der Waals surface area contributed by atoms with Crippen LogP contribution in [0.2, 0.25) is 0 Å². The maximum atomic E-state index is 11.3. The SMILES string of the molecule is COc1cc(/C=C/C=C/C(=O)NCCO)cc(OC)c1OC.O=[N+]([O-])O. The summed E-state index contributed by atoms with van der Waals surface area (Å²) in [6.45, 7) is 0.153. The normalized spacial score (nSPS) is 10.2. The van der Waals surface area contributed by atoms with Gasteiger partial charge >= 0.3 is 0 Å². The molecule has 26 heavy (non-hydrogen) atoms. The molecule has 3 N–H and O–H groups in total. The number of carbonyl (C=O) groups excluding carboxylic acids is 1. The maximum Gasteiger partial charge on any atom is 0.291 e. The molecule has 144 valence electrons. The van der Waals surface area contributed by atoms with E-state index in [0.29, 0.717) is 17.2 Å². The third kappa shape index (κ3) is 9.13. The molecule has 1 aromatic rings. The Morgan fingerprint density at radius 3 is 2.15 bits per heavy atom. The van der Waals surface area contributed by atoms with Crippen molar-refractivity contribution in [3.8, 4) is 17.2 Å². The largest absolute Gasteiger partial charge is 0.493 e. The number of benzene rings is 1. The zero-order valence-electron chi connectivity index (χ0n) is 14.7. The van der Waals surface area contributed by atoms with E-state index in [4.69, 9.17) is 34.6 Å². The van der Waals surface area contributed by atoms with E-state index in [2.05, 4.69) is 5.32 Å². The van der Waals surface area contributed by atoms with E-state index in [9.17, 15) is 4.79 Å². The second kappa shape index (κ2) is 13.1. The number of aliphatic hydroxyl groups is 1. The zero-order valence-corrected chi connectivity index (χ0v) is 14.7. The molecule has 0 aliphatic rings. The first-order chi connectivity index (χ1) is 12.4. The van der Waals surface area contributed by atoms with Crippen LogP contribution in [0.4, 0.5) is 0 Å². The Bertz CT molecular complexity index is 614. The number of methoxy groups -OCH3 is 3. The maximum absolute atomic E-state index is 11.3. The number of amides is 1. The summed E-state index contributed by atoms with van der Waals surface area (Å²) in [7, 11) is 4.65. The van der Waals surface area contributed by atoms with Gasteiger partial charge in [-0.1, -0.05) is 18.2 Å². The molecule has 0 aliphatic carbocycles. The van der Waals surface area contributed by atoms with Crippen LogP contribution in [0.15, 0.2) is 30.4 Å². The molecule has 10 heteroatoms. The topological polar surface area (TPSA) is 140 Å². The summed E-state index contributed by atoms with van der Waals surface area (Å²) < 4.78 is 15.8. The monoisotopic (exact) mass is 370 g/mol. The lowest BCUT2D eigenvalue weighted by Crippen LogP contribution is -2.24. The van der Waals surface area contributed by atoms with E-state index in [-0.39, 0.29) is 19.1 Å². The number of hydrogen-bond acceptors (Lipinski definition) is 7. The van der Waals surface area contributed by atoms with Crippen molar-refractivity contribution < 1.29 is 34.4 Å². The second-order valence-electron chi connectivity index (χ2n) is 4.43. The second-order valence-corrected chi connectivity index (χ2v) is 4.43. The number of allylic oxidation sites excluding steroid dienone is 2. The Kier molecular flexibility index (Phi) is 11.4. The van der Waals surface area contributed by atoms with Crippen LogP contribution in [0.5, 0.6) is 17.2 Å². The van der Waals surface area contributed by atoms with Crippen molar-refractivity contribution in [2.24, 2.45) is 0 Å². The lowest BCUT2D eigenvalue weighted by Gasteiger charge is -2.12. The number of hydrogen-bond donors (Lipinski definition) is 3. The highest BCUT2D eigenvalue weighted by Gasteiger charge is 2.11. The summed E-state index contributed by atoms with van der Waals surface area (Å²) in [5.41, 5.74) is 0.843. The molecule has 0 heterocycles. The molecule has 1 rings (SSSR count). The van der Waals surface area contributed by atoms with E-state index >= 15 is 0 Å². The Labute approximate surface area is 150 Å². The van der Waals surface area contributed by atoms with Crippen molar-refractivity contribution in [2.45, 2.75) is 0 Å². The fraction of sp³-hybridized carbons (Fsp3) is 0.312. The predicted molar refractivity (Wildman–Crippen MR) is 93.1 cm³/mol. The molecule has 0 aromatic heterocycles. The minimum atomic E-state index is -1.50. The van der Waals surface area contributed by atoms with E-state index in [1.54, 1.807) is 51.7 Å². The lowest BCUT2D eigenvalue weighted by molar-refractivity contribution is -0.742. The summed E-state index contributed by atoms with van der Waals surface area (Å²) in [6, 6.07) is 3.61. The van der Waals surface area contributed by atoms with Crippen LogP contribution in [-0.4, -0.2) is 55.8 Å². The van der Waals surface area contributed by atoms with Crippen molar-refractivity contribution in [3.63, 3.8) is 0 Å². The first-order valence-electron chi connectivity index (χ1n) is 7.26. The predicted octanol–water partition coefficient (Wildman–Crippen LogP) is 1.04. The first kappa shape index (κ1) is 22.7. The van der Waals surface area contributed by atoms with Crippen LogP contribution in [-0.2, 0) is 4.79 Å². The van der Waals surface area contributed by atoms with Crippen LogP contribution in [0.1, 0.15) is 5.56 Å². The summed E-state index contributed by atoms with van der Waals surface area (Å²) in [4.78, 5) is 19.7. The highest BCUT2D eigenvalue weighted by molar-refractivity contribution is 5.87. The third-order valence-corrected chi connectivity index (χ3v) is 2.75. The fourth-order valence-electron chi connectivity index (χ4n) is 1.75. The zero-order chi connectivity index (χ0) is 19.9. The van der Waals surface area contributed by atoms with Crippen LogP contribution in [0.3, 0.4) is 0 Å². The van der Waals surface area contributed by atoms with Crippen LogP contribution in [0, 0.1) is 10.1 Å². The van der Waals surface area contributed by atoms with Crippen molar-refractivity contribution >= 4 is 12.0 Å². The van der Waals surface area contributed by atoms with Gasteiger partial charge in [0, 0.05) is 12.6 Å². The van der Waals surface area contributed by atoms with E-state index in [0.717, 1.165) is 5.56 Å². The van der Waals surface area contributed by atoms with Gasteiger partial charge in [-0.05, 0) is 17.7 Å². The minimum absolute atomic E-state index is 0.0825. The van der Waals surface area contributed by atoms with Gasteiger partial charge in [0.15, 0.2) is 11.5 Å². The molecule has 10 nitrogen and oxygen atoms in total.